The number of benzene rings is 2. The van der Waals surface area contributed by atoms with Crippen LogP contribution in [0.15, 0.2) is 46.4 Å². The number of phenols is 1. The SMILES string of the molecule is N#C/C(=C/c1cc(Cl)cc(Br)c1O)C(=O)Nc1ccccc1F. The van der Waals surface area contributed by atoms with Gasteiger partial charge in [0.05, 0.1) is 10.2 Å². The Morgan fingerprint density at radius 3 is 2.74 bits per heavy atom. The largest absolute Gasteiger partial charge is 0.506 e. The zero-order valence-electron chi connectivity index (χ0n) is 11.5. The lowest BCUT2D eigenvalue weighted by Gasteiger charge is -2.06. The van der Waals surface area contributed by atoms with Crippen LogP contribution in [0.1, 0.15) is 5.56 Å². The molecule has 0 saturated heterocycles. The molecule has 0 atom stereocenters. The van der Waals surface area contributed by atoms with Gasteiger partial charge in [0.2, 0.25) is 0 Å². The zero-order valence-corrected chi connectivity index (χ0v) is 13.8. The number of phenolic OH excluding ortho intramolecular Hbond substituents is 1. The summed E-state index contributed by atoms with van der Waals surface area (Å²) in [5.74, 6) is -1.58. The maximum Gasteiger partial charge on any atom is 0.266 e. The number of anilines is 1. The van der Waals surface area contributed by atoms with E-state index in [2.05, 4.69) is 21.2 Å². The van der Waals surface area contributed by atoms with Gasteiger partial charge < -0.3 is 10.4 Å². The number of nitriles is 1. The van der Waals surface area contributed by atoms with E-state index in [0.29, 0.717) is 9.50 Å². The normalized spacial score (nSPS) is 11.0. The second-order valence-corrected chi connectivity index (χ2v) is 5.72. The van der Waals surface area contributed by atoms with Crippen molar-refractivity contribution in [2.45, 2.75) is 0 Å². The summed E-state index contributed by atoms with van der Waals surface area (Å²) in [7, 11) is 0. The monoisotopic (exact) mass is 394 g/mol. The van der Waals surface area contributed by atoms with Gasteiger partial charge in [-0.2, -0.15) is 5.26 Å². The van der Waals surface area contributed by atoms with Crippen LogP contribution in [-0.2, 0) is 4.79 Å². The van der Waals surface area contributed by atoms with Gasteiger partial charge in [-0.25, -0.2) is 4.39 Å². The number of amides is 1. The molecule has 4 nitrogen and oxygen atoms in total. The van der Waals surface area contributed by atoms with E-state index in [-0.39, 0.29) is 22.6 Å². The molecule has 2 aromatic rings. The molecule has 0 fully saturated rings. The highest BCUT2D eigenvalue weighted by molar-refractivity contribution is 9.10. The number of rotatable bonds is 3. The van der Waals surface area contributed by atoms with Crippen LogP contribution in [0.2, 0.25) is 5.02 Å². The van der Waals surface area contributed by atoms with E-state index in [4.69, 9.17) is 16.9 Å². The molecule has 0 aliphatic heterocycles. The standard InChI is InChI=1S/C16H9BrClFN2O2/c17-12-7-11(18)6-9(15(12)22)5-10(8-20)16(23)21-14-4-2-1-3-13(14)19/h1-7,22H,(H,21,23)/b10-5-. The molecular formula is C16H9BrClFN2O2. The Morgan fingerprint density at radius 2 is 2.09 bits per heavy atom. The summed E-state index contributed by atoms with van der Waals surface area (Å²) >= 11 is 8.99. The van der Waals surface area contributed by atoms with E-state index in [1.54, 1.807) is 12.1 Å². The maximum atomic E-state index is 13.5. The summed E-state index contributed by atoms with van der Waals surface area (Å²) in [4.78, 5) is 12.1. The Bertz CT molecular complexity index is 846. The summed E-state index contributed by atoms with van der Waals surface area (Å²) in [6, 6.07) is 10.2. The number of halogens is 3. The van der Waals surface area contributed by atoms with Crippen molar-refractivity contribution in [1.29, 1.82) is 5.26 Å². The summed E-state index contributed by atoms with van der Waals surface area (Å²) in [5, 5.41) is 21.7. The Kier molecular flexibility index (Phi) is 5.37. The lowest BCUT2D eigenvalue weighted by atomic mass is 10.1. The van der Waals surface area contributed by atoms with Crippen molar-refractivity contribution in [1.82, 2.24) is 0 Å². The fraction of sp³-hybridized carbons (Fsp3) is 0. The number of hydrogen-bond acceptors (Lipinski definition) is 3. The van der Waals surface area contributed by atoms with E-state index in [0.717, 1.165) is 0 Å². The summed E-state index contributed by atoms with van der Waals surface area (Å²) < 4.78 is 13.9. The van der Waals surface area contributed by atoms with Gasteiger partial charge in [0.15, 0.2) is 0 Å². The van der Waals surface area contributed by atoms with Crippen molar-refractivity contribution < 1.29 is 14.3 Å². The Morgan fingerprint density at radius 1 is 1.39 bits per heavy atom. The predicted octanol–water partition coefficient (Wildman–Crippen LogP) is 4.49. The molecule has 0 saturated carbocycles. The smallest absolute Gasteiger partial charge is 0.266 e. The minimum Gasteiger partial charge on any atom is -0.506 e. The highest BCUT2D eigenvalue weighted by atomic mass is 79.9. The Hall–Kier alpha value is -2.36. The van der Waals surface area contributed by atoms with E-state index in [9.17, 15) is 14.3 Å². The van der Waals surface area contributed by atoms with Crippen LogP contribution >= 0.6 is 27.5 Å². The average molecular weight is 396 g/mol. The molecule has 0 aliphatic carbocycles. The average Bonchev–Trinajstić information content (AvgIpc) is 2.51. The van der Waals surface area contributed by atoms with E-state index in [1.165, 1.54) is 36.4 Å². The zero-order chi connectivity index (χ0) is 17.0. The number of hydrogen-bond donors (Lipinski definition) is 2. The van der Waals surface area contributed by atoms with Gasteiger partial charge in [-0.3, -0.25) is 4.79 Å². The van der Waals surface area contributed by atoms with Crippen LogP contribution in [0.3, 0.4) is 0 Å². The summed E-state index contributed by atoms with van der Waals surface area (Å²) in [5.41, 5.74) is -0.169. The van der Waals surface area contributed by atoms with Gasteiger partial charge in [-0.15, -0.1) is 0 Å². The second-order valence-electron chi connectivity index (χ2n) is 4.43. The first-order valence-electron chi connectivity index (χ1n) is 6.28. The Balaban J connectivity index is 2.35. The van der Waals surface area contributed by atoms with Crippen LogP contribution in [0.4, 0.5) is 10.1 Å². The molecule has 0 radical (unpaired) electrons. The number of carbonyl (C=O) groups excluding carboxylic acids is 1. The maximum absolute atomic E-state index is 13.5. The molecule has 0 bridgehead atoms. The third-order valence-electron chi connectivity index (χ3n) is 2.84. The van der Waals surface area contributed by atoms with Crippen molar-refractivity contribution >= 4 is 45.2 Å². The van der Waals surface area contributed by atoms with Crippen molar-refractivity contribution in [2.24, 2.45) is 0 Å². The first kappa shape index (κ1) is 17.0. The van der Waals surface area contributed by atoms with Gasteiger partial charge in [0.25, 0.3) is 5.91 Å². The summed E-state index contributed by atoms with van der Waals surface area (Å²) in [6.07, 6.45) is 1.17. The van der Waals surface area contributed by atoms with Crippen LogP contribution in [-0.4, -0.2) is 11.0 Å². The quantitative estimate of drug-likeness (QED) is 0.594. The summed E-state index contributed by atoms with van der Waals surface area (Å²) in [6.45, 7) is 0. The van der Waals surface area contributed by atoms with Crippen molar-refractivity contribution in [2.75, 3.05) is 5.32 Å². The number of nitrogens with one attached hydrogen (secondary N) is 1. The molecule has 23 heavy (non-hydrogen) atoms. The van der Waals surface area contributed by atoms with Crippen molar-refractivity contribution in [3.05, 3.63) is 62.8 Å². The topological polar surface area (TPSA) is 73.1 Å². The molecule has 0 spiro atoms. The van der Waals surface area contributed by atoms with Gasteiger partial charge in [-0.05, 0) is 46.3 Å². The van der Waals surface area contributed by atoms with Crippen molar-refractivity contribution in [3.63, 3.8) is 0 Å². The van der Waals surface area contributed by atoms with E-state index in [1.807, 2.05) is 0 Å². The molecule has 0 unspecified atom stereocenters. The number of carbonyl (C=O) groups is 1. The first-order valence-corrected chi connectivity index (χ1v) is 7.45. The number of aromatic hydroxyl groups is 1. The minimum absolute atomic E-state index is 0.0462. The van der Waals surface area contributed by atoms with Gasteiger partial charge in [0, 0.05) is 10.6 Å². The number of nitrogens with zero attached hydrogens (tertiary/aromatic N) is 1. The molecule has 2 N–H and O–H groups in total. The van der Waals surface area contributed by atoms with Gasteiger partial charge in [0.1, 0.15) is 23.2 Å². The third-order valence-corrected chi connectivity index (χ3v) is 3.67. The fourth-order valence-electron chi connectivity index (χ4n) is 1.75. The minimum atomic E-state index is -0.798. The van der Waals surface area contributed by atoms with E-state index < -0.39 is 11.7 Å². The molecule has 1 amide bonds. The fourth-order valence-corrected chi connectivity index (χ4v) is 2.59. The van der Waals surface area contributed by atoms with Crippen LogP contribution in [0.5, 0.6) is 5.75 Å². The molecular weight excluding hydrogens is 387 g/mol. The highest BCUT2D eigenvalue weighted by Gasteiger charge is 2.14. The molecule has 0 heterocycles. The molecule has 2 rings (SSSR count). The van der Waals surface area contributed by atoms with E-state index >= 15 is 0 Å². The molecule has 116 valence electrons. The van der Waals surface area contributed by atoms with Crippen LogP contribution < -0.4 is 5.32 Å². The van der Waals surface area contributed by atoms with Crippen molar-refractivity contribution in [3.8, 4) is 11.8 Å². The van der Waals surface area contributed by atoms with Crippen LogP contribution in [0, 0.1) is 17.1 Å². The molecule has 2 aromatic carbocycles. The lowest BCUT2D eigenvalue weighted by Crippen LogP contribution is -2.14. The molecule has 0 aliphatic rings. The first-order chi connectivity index (χ1) is 10.9. The lowest BCUT2D eigenvalue weighted by molar-refractivity contribution is -0.112. The predicted molar refractivity (Wildman–Crippen MR) is 89.4 cm³/mol. The number of para-hydroxylation sites is 1. The Labute approximate surface area is 144 Å². The van der Waals surface area contributed by atoms with Gasteiger partial charge >= 0.3 is 0 Å². The molecule has 7 heteroatoms. The van der Waals surface area contributed by atoms with Gasteiger partial charge in [-0.1, -0.05) is 23.7 Å². The highest BCUT2D eigenvalue weighted by Crippen LogP contribution is 2.33. The van der Waals surface area contributed by atoms with Crippen LogP contribution in [0.25, 0.3) is 6.08 Å². The third kappa shape index (κ3) is 4.09. The molecule has 0 aromatic heterocycles. The second kappa shape index (κ2) is 7.27.